The lowest BCUT2D eigenvalue weighted by molar-refractivity contribution is -0.134. The predicted octanol–water partition coefficient (Wildman–Crippen LogP) is 3.36. The van der Waals surface area contributed by atoms with E-state index in [-0.39, 0.29) is 18.6 Å². The first kappa shape index (κ1) is 17.1. The Balaban J connectivity index is 1.90. The van der Waals surface area contributed by atoms with Gasteiger partial charge in [-0.2, -0.15) is 0 Å². The van der Waals surface area contributed by atoms with Gasteiger partial charge in [-0.05, 0) is 56.9 Å². The van der Waals surface area contributed by atoms with Crippen LogP contribution in [0.5, 0.6) is 5.75 Å². The summed E-state index contributed by atoms with van der Waals surface area (Å²) in [5, 5.41) is 0.743. The molecule has 1 aromatic carbocycles. The molecule has 0 aliphatic carbocycles. The van der Waals surface area contributed by atoms with Gasteiger partial charge < -0.3 is 14.4 Å². The van der Waals surface area contributed by atoms with Crippen LogP contribution in [-0.2, 0) is 9.53 Å². The smallest absolute Gasteiger partial charge is 0.260 e. The number of likely N-dealkylation sites (N-methyl/N-ethyl adjacent to an activating group) is 1. The number of aryl methyl sites for hydroxylation is 2. The van der Waals surface area contributed by atoms with Gasteiger partial charge in [-0.25, -0.2) is 0 Å². The highest BCUT2D eigenvalue weighted by Crippen LogP contribution is 2.25. The number of carbonyl (C=O) groups is 1. The summed E-state index contributed by atoms with van der Waals surface area (Å²) in [6.45, 7) is 8.00. The van der Waals surface area contributed by atoms with Crippen LogP contribution in [0.2, 0.25) is 5.02 Å². The van der Waals surface area contributed by atoms with Crippen LogP contribution in [0.4, 0.5) is 0 Å². The summed E-state index contributed by atoms with van der Waals surface area (Å²) in [5.41, 5.74) is 1.91. The minimum atomic E-state index is -0.0109. The van der Waals surface area contributed by atoms with E-state index in [9.17, 15) is 4.79 Å². The summed E-state index contributed by atoms with van der Waals surface area (Å²) in [5.74, 6) is 0.671. The highest BCUT2D eigenvalue weighted by molar-refractivity contribution is 6.32. The normalized spacial score (nSPS) is 17.5. The van der Waals surface area contributed by atoms with Crippen molar-refractivity contribution in [1.29, 1.82) is 0 Å². The van der Waals surface area contributed by atoms with Gasteiger partial charge >= 0.3 is 0 Å². The Kier molecular flexibility index (Phi) is 6.09. The number of rotatable bonds is 6. The lowest BCUT2D eigenvalue weighted by Crippen LogP contribution is -2.39. The lowest BCUT2D eigenvalue weighted by Gasteiger charge is -2.24. The van der Waals surface area contributed by atoms with Crippen molar-refractivity contribution in [1.82, 2.24) is 4.90 Å². The second-order valence-corrected chi connectivity index (χ2v) is 6.11. The molecule has 4 nitrogen and oxygen atoms in total. The molecular weight excluding hydrogens is 302 g/mol. The third-order valence-electron chi connectivity index (χ3n) is 3.95. The second-order valence-electron chi connectivity index (χ2n) is 5.73. The summed E-state index contributed by atoms with van der Waals surface area (Å²) in [4.78, 5) is 14.1. The molecule has 0 saturated carbocycles. The molecule has 0 spiro atoms. The van der Waals surface area contributed by atoms with Crippen molar-refractivity contribution in [3.05, 3.63) is 28.3 Å². The summed E-state index contributed by atoms with van der Waals surface area (Å²) in [6, 6.07) is 3.72. The van der Waals surface area contributed by atoms with Gasteiger partial charge in [0.25, 0.3) is 5.91 Å². The van der Waals surface area contributed by atoms with E-state index in [2.05, 4.69) is 0 Å². The van der Waals surface area contributed by atoms with Crippen LogP contribution >= 0.6 is 11.6 Å². The number of hydrogen-bond acceptors (Lipinski definition) is 3. The summed E-state index contributed by atoms with van der Waals surface area (Å²) < 4.78 is 11.2. The fraction of sp³-hybridized carbons (Fsp3) is 0.588. The molecule has 0 bridgehead atoms. The molecule has 0 aromatic heterocycles. The van der Waals surface area contributed by atoms with Crippen LogP contribution < -0.4 is 4.74 Å². The van der Waals surface area contributed by atoms with Crippen LogP contribution in [0.15, 0.2) is 12.1 Å². The van der Waals surface area contributed by atoms with Crippen LogP contribution in [0, 0.1) is 13.8 Å². The first-order chi connectivity index (χ1) is 10.5. The fourth-order valence-corrected chi connectivity index (χ4v) is 2.78. The van der Waals surface area contributed by atoms with Gasteiger partial charge in [0.2, 0.25) is 0 Å². The minimum absolute atomic E-state index is 0.0109. The zero-order valence-corrected chi connectivity index (χ0v) is 14.3. The highest BCUT2D eigenvalue weighted by atomic mass is 35.5. The Bertz CT molecular complexity index is 504. The van der Waals surface area contributed by atoms with Gasteiger partial charge in [0.05, 0.1) is 6.10 Å². The Morgan fingerprint density at radius 1 is 1.41 bits per heavy atom. The molecule has 1 aliphatic rings. The van der Waals surface area contributed by atoms with Crippen molar-refractivity contribution in [3.8, 4) is 5.75 Å². The standard InChI is InChI=1S/C17H24ClNO3/c1-4-19(10-14-6-5-7-21-14)16(20)11-22-15-8-12(2)17(18)13(3)9-15/h8-9,14H,4-7,10-11H2,1-3H3. The van der Waals surface area contributed by atoms with Crippen molar-refractivity contribution in [2.75, 3.05) is 26.3 Å². The molecule has 1 heterocycles. The van der Waals surface area contributed by atoms with Gasteiger partial charge in [0.1, 0.15) is 5.75 Å². The number of hydrogen-bond donors (Lipinski definition) is 0. The number of nitrogens with zero attached hydrogens (tertiary/aromatic N) is 1. The highest BCUT2D eigenvalue weighted by Gasteiger charge is 2.21. The molecule has 1 saturated heterocycles. The van der Waals surface area contributed by atoms with Crippen LogP contribution in [-0.4, -0.2) is 43.2 Å². The average Bonchev–Trinajstić information content (AvgIpc) is 3.00. The molecule has 5 heteroatoms. The van der Waals surface area contributed by atoms with Gasteiger partial charge in [0, 0.05) is 24.7 Å². The Morgan fingerprint density at radius 3 is 2.64 bits per heavy atom. The van der Waals surface area contributed by atoms with E-state index in [1.54, 1.807) is 4.90 Å². The summed E-state index contributed by atoms with van der Waals surface area (Å²) in [6.07, 6.45) is 2.28. The van der Waals surface area contributed by atoms with E-state index < -0.39 is 0 Å². The minimum Gasteiger partial charge on any atom is -0.484 e. The zero-order valence-electron chi connectivity index (χ0n) is 13.5. The van der Waals surface area contributed by atoms with E-state index >= 15 is 0 Å². The number of ether oxygens (including phenoxy) is 2. The third kappa shape index (κ3) is 4.37. The molecule has 0 N–H and O–H groups in total. The van der Waals surface area contributed by atoms with E-state index in [0.717, 1.165) is 35.6 Å². The average molecular weight is 326 g/mol. The van der Waals surface area contributed by atoms with Crippen LogP contribution in [0.25, 0.3) is 0 Å². The van der Waals surface area contributed by atoms with Crippen LogP contribution in [0.3, 0.4) is 0 Å². The van der Waals surface area contributed by atoms with Crippen molar-refractivity contribution >= 4 is 17.5 Å². The van der Waals surface area contributed by atoms with Crippen LogP contribution in [0.1, 0.15) is 30.9 Å². The van der Waals surface area contributed by atoms with Gasteiger partial charge in [0.15, 0.2) is 6.61 Å². The number of carbonyl (C=O) groups excluding carboxylic acids is 1. The third-order valence-corrected chi connectivity index (χ3v) is 4.55. The molecule has 1 atom stereocenters. The fourth-order valence-electron chi connectivity index (χ4n) is 2.67. The Labute approximate surface area is 137 Å². The predicted molar refractivity (Wildman–Crippen MR) is 87.6 cm³/mol. The molecule has 22 heavy (non-hydrogen) atoms. The largest absolute Gasteiger partial charge is 0.484 e. The molecule has 1 aromatic rings. The number of halogens is 1. The van der Waals surface area contributed by atoms with E-state index in [1.807, 2.05) is 32.9 Å². The van der Waals surface area contributed by atoms with Crippen molar-refractivity contribution in [2.24, 2.45) is 0 Å². The Morgan fingerprint density at radius 2 is 2.09 bits per heavy atom. The maximum atomic E-state index is 12.3. The summed E-state index contributed by atoms with van der Waals surface area (Å²) in [7, 11) is 0. The van der Waals surface area contributed by atoms with E-state index in [1.165, 1.54) is 0 Å². The first-order valence-electron chi connectivity index (χ1n) is 7.80. The van der Waals surface area contributed by atoms with Gasteiger partial charge in [-0.3, -0.25) is 4.79 Å². The number of amides is 1. The quantitative estimate of drug-likeness (QED) is 0.805. The SMILES string of the molecule is CCN(CC1CCCO1)C(=O)COc1cc(C)c(Cl)c(C)c1. The maximum absolute atomic E-state index is 12.3. The monoisotopic (exact) mass is 325 g/mol. The molecule has 1 amide bonds. The van der Waals surface area contributed by atoms with E-state index in [4.69, 9.17) is 21.1 Å². The molecule has 1 aliphatic heterocycles. The van der Waals surface area contributed by atoms with E-state index in [0.29, 0.717) is 18.8 Å². The molecule has 0 radical (unpaired) electrons. The van der Waals surface area contributed by atoms with Crippen molar-refractivity contribution in [2.45, 2.75) is 39.7 Å². The molecule has 1 fully saturated rings. The number of benzene rings is 1. The lowest BCUT2D eigenvalue weighted by atomic mass is 10.1. The maximum Gasteiger partial charge on any atom is 0.260 e. The van der Waals surface area contributed by atoms with Crippen molar-refractivity contribution in [3.63, 3.8) is 0 Å². The molecule has 122 valence electrons. The van der Waals surface area contributed by atoms with Gasteiger partial charge in [-0.15, -0.1) is 0 Å². The molecule has 2 rings (SSSR count). The molecule has 1 unspecified atom stereocenters. The Hall–Kier alpha value is -1.26. The zero-order chi connectivity index (χ0) is 16.1. The molecular formula is C17H24ClNO3. The summed E-state index contributed by atoms with van der Waals surface area (Å²) >= 11 is 6.14. The second kappa shape index (κ2) is 7.84. The first-order valence-corrected chi connectivity index (χ1v) is 8.18. The van der Waals surface area contributed by atoms with Gasteiger partial charge in [-0.1, -0.05) is 11.6 Å². The topological polar surface area (TPSA) is 38.8 Å². The van der Waals surface area contributed by atoms with Crippen molar-refractivity contribution < 1.29 is 14.3 Å².